The lowest BCUT2D eigenvalue weighted by Gasteiger charge is -2.18. The molecule has 160 valence electrons. The molecule has 0 radical (unpaired) electrons. The van der Waals surface area contributed by atoms with E-state index in [1.54, 1.807) is 31.2 Å². The van der Waals surface area contributed by atoms with Crippen molar-refractivity contribution in [1.29, 1.82) is 0 Å². The molecule has 0 bridgehead atoms. The molecule has 0 saturated carbocycles. The second kappa shape index (κ2) is 8.95. The van der Waals surface area contributed by atoms with Crippen LogP contribution in [0.5, 0.6) is 0 Å². The number of aryl methyl sites for hydroxylation is 1. The Balaban J connectivity index is 1.61. The van der Waals surface area contributed by atoms with E-state index in [4.69, 9.17) is 9.26 Å². The van der Waals surface area contributed by atoms with E-state index in [9.17, 15) is 14.4 Å². The van der Waals surface area contributed by atoms with Gasteiger partial charge < -0.3 is 9.26 Å². The van der Waals surface area contributed by atoms with Crippen LogP contribution in [-0.2, 0) is 14.9 Å². The largest absolute Gasteiger partial charge is 0.452 e. The molecule has 0 aliphatic rings. The van der Waals surface area contributed by atoms with Crippen LogP contribution in [0.2, 0.25) is 0 Å². The van der Waals surface area contributed by atoms with Crippen LogP contribution in [0.25, 0.3) is 11.3 Å². The summed E-state index contributed by atoms with van der Waals surface area (Å²) >= 11 is 0. The van der Waals surface area contributed by atoms with Gasteiger partial charge >= 0.3 is 5.97 Å². The Kier molecular flexibility index (Phi) is 6.34. The van der Waals surface area contributed by atoms with Gasteiger partial charge in [0.1, 0.15) is 17.0 Å². The van der Waals surface area contributed by atoms with Crippen LogP contribution in [0.4, 0.5) is 0 Å². The fourth-order valence-electron chi connectivity index (χ4n) is 2.97. The van der Waals surface area contributed by atoms with Gasteiger partial charge in [0, 0.05) is 11.1 Å². The van der Waals surface area contributed by atoms with E-state index in [2.05, 4.69) is 31.2 Å². The number of rotatable bonds is 5. The molecule has 3 aromatic rings. The topological polar surface area (TPSA) is 98.5 Å². The number of carbonyl (C=O) groups is 3. The van der Waals surface area contributed by atoms with Crippen LogP contribution in [0.1, 0.15) is 52.8 Å². The molecular formula is C24H24N2O5. The summed E-state index contributed by atoms with van der Waals surface area (Å²) < 4.78 is 10.2. The predicted molar refractivity (Wildman–Crippen MR) is 115 cm³/mol. The quantitative estimate of drug-likeness (QED) is 0.625. The summed E-state index contributed by atoms with van der Waals surface area (Å²) in [6.45, 7) is 7.19. The Morgan fingerprint density at radius 1 is 1.00 bits per heavy atom. The highest BCUT2D eigenvalue weighted by atomic mass is 16.5. The van der Waals surface area contributed by atoms with Crippen molar-refractivity contribution in [1.82, 2.24) is 10.5 Å². The third-order valence-electron chi connectivity index (χ3n) is 4.71. The molecule has 2 aromatic carbocycles. The molecule has 3 rings (SSSR count). The number of ether oxygens (including phenoxy) is 1. The zero-order chi connectivity index (χ0) is 22.6. The minimum absolute atomic E-state index is 0.0439. The molecule has 0 aliphatic heterocycles. The number of benzene rings is 2. The number of hydrogen-bond acceptors (Lipinski definition) is 6. The Labute approximate surface area is 180 Å². The van der Waals surface area contributed by atoms with Crippen LogP contribution in [-0.4, -0.2) is 29.5 Å². The second-order valence-electron chi connectivity index (χ2n) is 8.11. The van der Waals surface area contributed by atoms with E-state index in [1.807, 2.05) is 30.3 Å². The van der Waals surface area contributed by atoms with Crippen molar-refractivity contribution in [3.8, 4) is 11.3 Å². The van der Waals surface area contributed by atoms with Gasteiger partial charge in [-0.3, -0.25) is 14.9 Å². The summed E-state index contributed by atoms with van der Waals surface area (Å²) in [5.41, 5.74) is 2.53. The molecule has 0 fully saturated rings. The number of esters is 1. The number of hydrogen-bond donors (Lipinski definition) is 1. The molecule has 0 aliphatic carbocycles. The number of aromatic nitrogens is 1. The summed E-state index contributed by atoms with van der Waals surface area (Å²) in [6.07, 6.45) is 0. The first-order valence-corrected chi connectivity index (χ1v) is 9.80. The maximum atomic E-state index is 12.5. The van der Waals surface area contributed by atoms with Gasteiger partial charge in [-0.1, -0.05) is 68.4 Å². The number of carbonyl (C=O) groups excluding carboxylic acids is 3. The van der Waals surface area contributed by atoms with Crippen molar-refractivity contribution < 1.29 is 23.6 Å². The minimum Gasteiger partial charge on any atom is -0.452 e. The summed E-state index contributed by atoms with van der Waals surface area (Å²) in [5, 5.41) is 6.14. The summed E-state index contributed by atoms with van der Waals surface area (Å²) in [6, 6.07) is 16.0. The minimum atomic E-state index is -0.755. The van der Waals surface area contributed by atoms with Crippen LogP contribution < -0.4 is 5.32 Å². The average Bonchev–Trinajstić information content (AvgIpc) is 3.13. The standard InChI is InChI=1S/C24H24N2O5/c1-15-20(21(26-31-15)16-8-6-5-7-9-16)23(29)30-14-19(27)25-22(28)17-10-12-18(13-11-17)24(2,3)4/h5-13H,14H2,1-4H3,(H,25,27,28). The molecule has 0 unspecified atom stereocenters. The van der Waals surface area contributed by atoms with Crippen molar-refractivity contribution in [3.05, 3.63) is 77.0 Å². The molecule has 0 spiro atoms. The first-order valence-electron chi connectivity index (χ1n) is 9.80. The second-order valence-corrected chi connectivity index (χ2v) is 8.11. The van der Waals surface area contributed by atoms with Gasteiger partial charge in [-0.2, -0.15) is 0 Å². The van der Waals surface area contributed by atoms with E-state index in [1.165, 1.54) is 0 Å². The molecule has 31 heavy (non-hydrogen) atoms. The number of amides is 2. The smallest absolute Gasteiger partial charge is 0.344 e. The maximum absolute atomic E-state index is 12.5. The van der Waals surface area contributed by atoms with Gasteiger partial charge in [0.15, 0.2) is 6.61 Å². The molecule has 1 heterocycles. The molecule has 7 heteroatoms. The molecule has 1 N–H and O–H groups in total. The van der Waals surface area contributed by atoms with Crippen LogP contribution >= 0.6 is 0 Å². The Hall–Kier alpha value is -3.74. The van der Waals surface area contributed by atoms with E-state index in [0.29, 0.717) is 16.8 Å². The monoisotopic (exact) mass is 420 g/mol. The van der Waals surface area contributed by atoms with Crippen molar-refractivity contribution in [2.45, 2.75) is 33.1 Å². The summed E-state index contributed by atoms with van der Waals surface area (Å²) in [7, 11) is 0. The Morgan fingerprint density at radius 2 is 1.65 bits per heavy atom. The highest BCUT2D eigenvalue weighted by Gasteiger charge is 2.24. The van der Waals surface area contributed by atoms with Crippen molar-refractivity contribution >= 4 is 17.8 Å². The van der Waals surface area contributed by atoms with Crippen LogP contribution in [0, 0.1) is 6.92 Å². The molecule has 0 saturated heterocycles. The van der Waals surface area contributed by atoms with Gasteiger partial charge in [-0.05, 0) is 30.0 Å². The van der Waals surface area contributed by atoms with E-state index >= 15 is 0 Å². The van der Waals surface area contributed by atoms with Crippen molar-refractivity contribution in [2.24, 2.45) is 0 Å². The van der Waals surface area contributed by atoms with E-state index < -0.39 is 24.4 Å². The fourth-order valence-corrected chi connectivity index (χ4v) is 2.97. The van der Waals surface area contributed by atoms with Gasteiger partial charge in [0.05, 0.1) is 0 Å². The Bertz CT molecular complexity index is 1090. The third-order valence-corrected chi connectivity index (χ3v) is 4.71. The summed E-state index contributed by atoms with van der Waals surface area (Å²) in [4.78, 5) is 36.9. The van der Waals surface area contributed by atoms with Gasteiger partial charge in [-0.25, -0.2) is 4.79 Å². The lowest BCUT2D eigenvalue weighted by atomic mass is 9.87. The number of imide groups is 1. The van der Waals surface area contributed by atoms with Gasteiger partial charge in [0.25, 0.3) is 11.8 Å². The molecule has 7 nitrogen and oxygen atoms in total. The average molecular weight is 420 g/mol. The zero-order valence-corrected chi connectivity index (χ0v) is 17.9. The third kappa shape index (κ3) is 5.25. The first-order chi connectivity index (χ1) is 14.7. The van der Waals surface area contributed by atoms with E-state index in [0.717, 1.165) is 5.56 Å². The van der Waals surface area contributed by atoms with Gasteiger partial charge in [-0.15, -0.1) is 0 Å². The lowest BCUT2D eigenvalue weighted by Crippen LogP contribution is -2.34. The van der Waals surface area contributed by atoms with Gasteiger partial charge in [0.2, 0.25) is 0 Å². The Morgan fingerprint density at radius 3 is 2.26 bits per heavy atom. The SMILES string of the molecule is Cc1onc(-c2ccccc2)c1C(=O)OCC(=O)NC(=O)c1ccc(C(C)(C)C)cc1. The maximum Gasteiger partial charge on any atom is 0.344 e. The van der Waals surface area contributed by atoms with Crippen LogP contribution in [0.3, 0.4) is 0 Å². The molecular weight excluding hydrogens is 396 g/mol. The summed E-state index contributed by atoms with van der Waals surface area (Å²) in [5.74, 6) is -1.77. The lowest BCUT2D eigenvalue weighted by molar-refractivity contribution is -0.123. The fraction of sp³-hybridized carbons (Fsp3) is 0.250. The highest BCUT2D eigenvalue weighted by Crippen LogP contribution is 2.25. The van der Waals surface area contributed by atoms with Crippen molar-refractivity contribution in [2.75, 3.05) is 6.61 Å². The van der Waals surface area contributed by atoms with Crippen LogP contribution in [0.15, 0.2) is 59.1 Å². The first kappa shape index (κ1) is 22.0. The van der Waals surface area contributed by atoms with Crippen molar-refractivity contribution in [3.63, 3.8) is 0 Å². The number of nitrogens with one attached hydrogen (secondary N) is 1. The number of nitrogens with zero attached hydrogens (tertiary/aromatic N) is 1. The highest BCUT2D eigenvalue weighted by molar-refractivity contribution is 6.05. The molecule has 0 atom stereocenters. The zero-order valence-electron chi connectivity index (χ0n) is 17.9. The van der Waals surface area contributed by atoms with E-state index in [-0.39, 0.29) is 16.7 Å². The predicted octanol–water partition coefficient (Wildman–Crippen LogP) is 4.06. The molecule has 1 aromatic heterocycles. The molecule has 2 amide bonds. The normalized spacial score (nSPS) is 11.1.